The predicted octanol–water partition coefficient (Wildman–Crippen LogP) is 11.1. The van der Waals surface area contributed by atoms with E-state index in [1.807, 2.05) is 0 Å². The van der Waals surface area contributed by atoms with Crippen LogP contribution in [-0.2, 0) is 19.5 Å². The van der Waals surface area contributed by atoms with Crippen LogP contribution < -0.4 is 4.57 Å². The van der Waals surface area contributed by atoms with Gasteiger partial charge in [-0.15, -0.1) is 0 Å². The average molecular weight is 504 g/mol. The van der Waals surface area contributed by atoms with Crippen molar-refractivity contribution in [1.29, 1.82) is 0 Å². The first-order valence-electron chi connectivity index (χ1n) is 16.9. The Balaban J connectivity index is 2.25. The third-order valence-corrected chi connectivity index (χ3v) is 8.10. The van der Waals surface area contributed by atoms with Crippen molar-refractivity contribution in [3.05, 3.63) is 18.2 Å². The second-order valence-electron chi connectivity index (χ2n) is 11.6. The van der Waals surface area contributed by atoms with E-state index in [0.29, 0.717) is 0 Å². The van der Waals surface area contributed by atoms with Gasteiger partial charge in [-0.05, 0) is 32.1 Å². The molecule has 1 aromatic rings. The summed E-state index contributed by atoms with van der Waals surface area (Å²) in [4.78, 5) is 0. The minimum atomic E-state index is 1.22. The van der Waals surface area contributed by atoms with E-state index in [4.69, 9.17) is 0 Å². The summed E-state index contributed by atoms with van der Waals surface area (Å²) in [7, 11) is 0. The molecule has 0 bridgehead atoms. The maximum absolute atomic E-state index is 2.61. The number of aromatic nitrogens is 2. The minimum Gasteiger partial charge on any atom is -0.234 e. The van der Waals surface area contributed by atoms with E-state index in [0.717, 1.165) is 0 Å². The Morgan fingerprint density at radius 1 is 0.472 bits per heavy atom. The highest BCUT2D eigenvalue weighted by Gasteiger charge is 2.16. The second kappa shape index (κ2) is 25.8. The first-order chi connectivity index (χ1) is 17.8. The zero-order valence-corrected chi connectivity index (χ0v) is 25.3. The monoisotopic (exact) mass is 504 g/mol. The lowest BCUT2D eigenvalue weighted by Crippen LogP contribution is -2.37. The third kappa shape index (κ3) is 18.5. The molecule has 0 unspecified atom stereocenters. The molecule has 36 heavy (non-hydrogen) atoms. The smallest absolute Gasteiger partial charge is 0.234 e. The summed E-state index contributed by atoms with van der Waals surface area (Å²) in [6.45, 7) is 9.38. The van der Waals surface area contributed by atoms with Gasteiger partial charge in [0.1, 0.15) is 12.4 Å². The highest BCUT2D eigenvalue weighted by atomic mass is 15.1. The van der Waals surface area contributed by atoms with Crippen molar-refractivity contribution in [3.63, 3.8) is 0 Å². The number of unbranched alkanes of at least 4 members (excludes halogenated alkanes) is 22. The summed E-state index contributed by atoms with van der Waals surface area (Å²) < 4.78 is 5.22. The molecule has 0 spiro atoms. The molecule has 212 valence electrons. The van der Waals surface area contributed by atoms with Crippen LogP contribution >= 0.6 is 0 Å². The normalized spacial score (nSPS) is 11.5. The molecule has 1 rings (SSSR count). The first kappa shape index (κ1) is 33.2. The van der Waals surface area contributed by atoms with Gasteiger partial charge >= 0.3 is 0 Å². The number of hydrogen-bond acceptors (Lipinski definition) is 0. The fourth-order valence-corrected chi connectivity index (χ4v) is 5.62. The summed E-state index contributed by atoms with van der Waals surface area (Å²) in [5.41, 5.74) is 0. The van der Waals surface area contributed by atoms with Crippen LogP contribution in [0.1, 0.15) is 187 Å². The fraction of sp³-hybridized carbons (Fsp3) is 0.912. The van der Waals surface area contributed by atoms with Crippen molar-refractivity contribution >= 4 is 0 Å². The van der Waals surface area contributed by atoms with Gasteiger partial charge in [-0.3, -0.25) is 0 Å². The first-order valence-corrected chi connectivity index (χ1v) is 16.9. The van der Waals surface area contributed by atoms with Crippen LogP contribution in [0.15, 0.2) is 12.4 Å². The van der Waals surface area contributed by atoms with Gasteiger partial charge in [0.15, 0.2) is 0 Å². The van der Waals surface area contributed by atoms with Gasteiger partial charge in [0.25, 0.3) is 5.82 Å². The van der Waals surface area contributed by atoms with E-state index in [1.54, 1.807) is 5.82 Å². The predicted molar refractivity (Wildman–Crippen MR) is 161 cm³/mol. The zero-order chi connectivity index (χ0) is 25.9. The van der Waals surface area contributed by atoms with E-state index < -0.39 is 0 Å². The second-order valence-corrected chi connectivity index (χ2v) is 11.6. The highest BCUT2D eigenvalue weighted by Crippen LogP contribution is 2.14. The van der Waals surface area contributed by atoms with Crippen LogP contribution in [0.25, 0.3) is 0 Å². The topological polar surface area (TPSA) is 8.81 Å². The molecule has 0 aliphatic carbocycles. The summed E-state index contributed by atoms with van der Waals surface area (Å²) >= 11 is 0. The van der Waals surface area contributed by atoms with E-state index >= 15 is 0 Å². The van der Waals surface area contributed by atoms with Crippen molar-refractivity contribution in [2.24, 2.45) is 0 Å². The van der Waals surface area contributed by atoms with Crippen LogP contribution in [0.4, 0.5) is 0 Å². The molecule has 0 saturated carbocycles. The van der Waals surface area contributed by atoms with Gasteiger partial charge in [-0.1, -0.05) is 149 Å². The van der Waals surface area contributed by atoms with Crippen LogP contribution in [0, 0.1) is 0 Å². The summed E-state index contributed by atoms with van der Waals surface area (Å²) in [5.74, 6) is 1.61. The molecule has 0 saturated heterocycles. The Morgan fingerprint density at radius 2 is 0.861 bits per heavy atom. The molecule has 0 aliphatic heterocycles. The van der Waals surface area contributed by atoms with E-state index in [2.05, 4.69) is 42.3 Å². The number of rotatable bonds is 28. The lowest BCUT2D eigenvalue weighted by molar-refractivity contribution is -0.704. The van der Waals surface area contributed by atoms with Crippen LogP contribution in [0.3, 0.4) is 0 Å². The molecule has 0 atom stereocenters. The summed E-state index contributed by atoms with van der Waals surface area (Å²) in [6.07, 6.45) is 41.5. The number of imidazole rings is 1. The maximum atomic E-state index is 2.61. The highest BCUT2D eigenvalue weighted by molar-refractivity contribution is 4.84. The molecule has 0 amide bonds. The van der Waals surface area contributed by atoms with Gasteiger partial charge in [0, 0.05) is 6.42 Å². The number of nitrogens with zero attached hydrogens (tertiary/aromatic N) is 2. The SMILES string of the molecule is CCCCCCCCCCCCCCCn1cc[n+](CCCCCCC)c1CCCCCCCCC. The van der Waals surface area contributed by atoms with Gasteiger partial charge < -0.3 is 0 Å². The largest absolute Gasteiger partial charge is 0.256 e. The fourth-order valence-electron chi connectivity index (χ4n) is 5.62. The molecular weight excluding hydrogens is 436 g/mol. The molecule has 0 aliphatic rings. The number of aryl methyl sites for hydroxylation is 2. The quantitative estimate of drug-likeness (QED) is 0.0794. The van der Waals surface area contributed by atoms with Gasteiger partial charge in [-0.25, -0.2) is 9.13 Å². The molecular formula is C34H67N2+. The molecule has 1 aromatic heterocycles. The Hall–Kier alpha value is -0.790. The van der Waals surface area contributed by atoms with Crippen molar-refractivity contribution in [3.8, 4) is 0 Å². The van der Waals surface area contributed by atoms with Gasteiger partial charge in [0.2, 0.25) is 0 Å². The molecule has 2 heteroatoms. The lowest BCUT2D eigenvalue weighted by atomic mass is 10.0. The Kier molecular flexibility index (Phi) is 23.9. The van der Waals surface area contributed by atoms with E-state index in [9.17, 15) is 0 Å². The van der Waals surface area contributed by atoms with E-state index in [1.165, 1.54) is 180 Å². The van der Waals surface area contributed by atoms with Gasteiger partial charge in [0.05, 0.1) is 13.1 Å². The molecule has 0 fully saturated rings. The summed E-state index contributed by atoms with van der Waals surface area (Å²) in [6, 6.07) is 0. The molecule has 1 heterocycles. The molecule has 0 N–H and O–H groups in total. The maximum Gasteiger partial charge on any atom is 0.256 e. The van der Waals surface area contributed by atoms with Crippen LogP contribution in [0.2, 0.25) is 0 Å². The molecule has 0 aromatic carbocycles. The molecule has 2 nitrogen and oxygen atoms in total. The lowest BCUT2D eigenvalue weighted by Gasteiger charge is -2.07. The minimum absolute atomic E-state index is 1.22. The Labute approximate surface area is 228 Å². The van der Waals surface area contributed by atoms with Crippen molar-refractivity contribution < 1.29 is 4.57 Å². The number of hydrogen-bond donors (Lipinski definition) is 0. The zero-order valence-electron chi connectivity index (χ0n) is 25.3. The van der Waals surface area contributed by atoms with E-state index in [-0.39, 0.29) is 0 Å². The standard InChI is InChI=1S/C34H67N2/c1-4-7-10-13-15-16-17-18-19-20-22-25-28-31-36-33-32-35(30-27-24-12-9-6-3)34(36)29-26-23-21-14-11-8-5-2/h32-33H,4-31H2,1-3H3/q+1. The average Bonchev–Trinajstić information content (AvgIpc) is 3.27. The summed E-state index contributed by atoms with van der Waals surface area (Å²) in [5, 5.41) is 0. The molecule has 0 radical (unpaired) electrons. The van der Waals surface area contributed by atoms with Crippen LogP contribution in [-0.4, -0.2) is 4.57 Å². The van der Waals surface area contributed by atoms with Crippen molar-refractivity contribution in [1.82, 2.24) is 4.57 Å². The van der Waals surface area contributed by atoms with Crippen molar-refractivity contribution in [2.45, 2.75) is 201 Å². The van der Waals surface area contributed by atoms with Crippen molar-refractivity contribution in [2.75, 3.05) is 0 Å². The van der Waals surface area contributed by atoms with Gasteiger partial charge in [-0.2, -0.15) is 0 Å². The Bertz CT molecular complexity index is 562. The Morgan fingerprint density at radius 3 is 1.33 bits per heavy atom. The third-order valence-electron chi connectivity index (χ3n) is 8.10. The van der Waals surface area contributed by atoms with Crippen LogP contribution in [0.5, 0.6) is 0 Å².